The summed E-state index contributed by atoms with van der Waals surface area (Å²) in [6.45, 7) is 0.541. The molecule has 0 bridgehead atoms. The molecule has 1 saturated heterocycles. The molecule has 162 valence electrons. The van der Waals surface area contributed by atoms with Gasteiger partial charge in [-0.15, -0.1) is 0 Å². The second-order valence-electron chi connectivity index (χ2n) is 7.10. The van der Waals surface area contributed by atoms with Crippen molar-refractivity contribution in [3.05, 3.63) is 53.1 Å². The van der Waals surface area contributed by atoms with Gasteiger partial charge < -0.3 is 14.8 Å². The highest BCUT2D eigenvalue weighted by molar-refractivity contribution is 7.88. The summed E-state index contributed by atoms with van der Waals surface area (Å²) in [5.74, 6) is 0.220. The zero-order valence-corrected chi connectivity index (χ0v) is 18.5. The van der Waals surface area contributed by atoms with Crippen LogP contribution in [0, 0.1) is 5.92 Å². The first-order valence-electron chi connectivity index (χ1n) is 9.58. The molecular formula is C21H25ClN2O5S. The van der Waals surface area contributed by atoms with Crippen molar-refractivity contribution in [1.29, 1.82) is 0 Å². The molecule has 0 spiro atoms. The van der Waals surface area contributed by atoms with Gasteiger partial charge in [0.25, 0.3) is 0 Å². The number of amides is 1. The number of sulfonamides is 1. The third-order valence-electron chi connectivity index (χ3n) is 5.10. The van der Waals surface area contributed by atoms with Crippen LogP contribution in [0.2, 0.25) is 5.02 Å². The van der Waals surface area contributed by atoms with E-state index < -0.39 is 15.9 Å². The molecule has 30 heavy (non-hydrogen) atoms. The lowest BCUT2D eigenvalue weighted by atomic mass is 9.98. The number of carbonyl (C=O) groups excluding carboxylic acids is 1. The fourth-order valence-corrected chi connectivity index (χ4v) is 5.39. The van der Waals surface area contributed by atoms with Gasteiger partial charge in [0.2, 0.25) is 15.9 Å². The first-order valence-corrected chi connectivity index (χ1v) is 11.6. The van der Waals surface area contributed by atoms with Gasteiger partial charge in [-0.25, -0.2) is 12.7 Å². The van der Waals surface area contributed by atoms with Crippen molar-refractivity contribution in [2.75, 3.05) is 32.6 Å². The van der Waals surface area contributed by atoms with Gasteiger partial charge in [0, 0.05) is 29.9 Å². The standard InChI is InChI=1S/C21H25ClN2O5S/c1-28-19-10-9-17(12-20(19)29-2)23-21(25)15-7-5-11-24(13-15)30(26,27)14-16-6-3-4-8-18(16)22/h3-4,6,8-10,12,15H,5,7,11,13-14H2,1-2H3,(H,23,25)/t15-/m0/s1. The van der Waals surface area contributed by atoms with Gasteiger partial charge in [-0.1, -0.05) is 29.8 Å². The van der Waals surface area contributed by atoms with Gasteiger partial charge in [-0.2, -0.15) is 0 Å². The van der Waals surface area contributed by atoms with E-state index in [1.165, 1.54) is 18.5 Å². The Bertz CT molecular complexity index is 1010. The van der Waals surface area contributed by atoms with Gasteiger partial charge in [-0.3, -0.25) is 4.79 Å². The molecule has 1 N–H and O–H groups in total. The van der Waals surface area contributed by atoms with Crippen molar-refractivity contribution in [3.8, 4) is 11.5 Å². The van der Waals surface area contributed by atoms with Crippen LogP contribution in [0.1, 0.15) is 18.4 Å². The predicted octanol–water partition coefficient (Wildman–Crippen LogP) is 3.54. The van der Waals surface area contributed by atoms with E-state index in [0.717, 1.165) is 0 Å². The molecule has 0 aromatic heterocycles. The van der Waals surface area contributed by atoms with Crippen LogP contribution in [0.15, 0.2) is 42.5 Å². The van der Waals surface area contributed by atoms with Crippen LogP contribution in [-0.4, -0.2) is 45.9 Å². The lowest BCUT2D eigenvalue weighted by Crippen LogP contribution is -2.44. The van der Waals surface area contributed by atoms with Gasteiger partial charge in [0.05, 0.1) is 25.9 Å². The van der Waals surface area contributed by atoms with Crippen molar-refractivity contribution in [2.24, 2.45) is 5.92 Å². The lowest BCUT2D eigenvalue weighted by Gasteiger charge is -2.31. The molecule has 1 fully saturated rings. The summed E-state index contributed by atoms with van der Waals surface area (Å²) in [6.07, 6.45) is 1.24. The summed E-state index contributed by atoms with van der Waals surface area (Å²) in [4.78, 5) is 12.8. The fourth-order valence-electron chi connectivity index (χ4n) is 3.47. The Kier molecular flexibility index (Phi) is 7.23. The van der Waals surface area contributed by atoms with Crippen LogP contribution in [0.5, 0.6) is 11.5 Å². The number of ether oxygens (including phenoxy) is 2. The quantitative estimate of drug-likeness (QED) is 0.694. The van der Waals surface area contributed by atoms with E-state index in [-0.39, 0.29) is 18.2 Å². The summed E-state index contributed by atoms with van der Waals surface area (Å²) in [5.41, 5.74) is 1.12. The van der Waals surface area contributed by atoms with Crippen LogP contribution in [-0.2, 0) is 20.6 Å². The molecule has 1 atom stereocenters. The molecule has 1 aliphatic rings. The highest BCUT2D eigenvalue weighted by Gasteiger charge is 2.32. The zero-order valence-electron chi connectivity index (χ0n) is 16.9. The number of hydrogen-bond donors (Lipinski definition) is 1. The molecular weight excluding hydrogens is 428 g/mol. The van der Waals surface area contributed by atoms with Gasteiger partial charge in [0.1, 0.15) is 0 Å². The van der Waals surface area contributed by atoms with Crippen molar-refractivity contribution in [2.45, 2.75) is 18.6 Å². The number of anilines is 1. The van der Waals surface area contributed by atoms with E-state index in [0.29, 0.717) is 47.2 Å². The molecule has 7 nitrogen and oxygen atoms in total. The summed E-state index contributed by atoms with van der Waals surface area (Å²) >= 11 is 6.12. The first-order chi connectivity index (χ1) is 14.3. The van der Waals surface area contributed by atoms with Gasteiger partial charge in [0.15, 0.2) is 11.5 Å². The number of benzene rings is 2. The van der Waals surface area contributed by atoms with Crippen LogP contribution in [0.25, 0.3) is 0 Å². The van der Waals surface area contributed by atoms with Crippen molar-refractivity contribution >= 4 is 33.2 Å². The van der Waals surface area contributed by atoms with Crippen molar-refractivity contribution in [3.63, 3.8) is 0 Å². The monoisotopic (exact) mass is 452 g/mol. The van der Waals surface area contributed by atoms with Gasteiger partial charge in [-0.05, 0) is 36.6 Å². The maximum Gasteiger partial charge on any atom is 0.228 e. The Morgan fingerprint density at radius 3 is 2.60 bits per heavy atom. The minimum Gasteiger partial charge on any atom is -0.493 e. The number of methoxy groups -OCH3 is 2. The molecule has 2 aromatic carbocycles. The number of nitrogens with one attached hydrogen (secondary N) is 1. The second kappa shape index (κ2) is 9.68. The molecule has 0 radical (unpaired) electrons. The number of piperidine rings is 1. The van der Waals surface area contributed by atoms with Gasteiger partial charge >= 0.3 is 0 Å². The average Bonchev–Trinajstić information content (AvgIpc) is 2.75. The molecule has 0 aliphatic carbocycles. The first kappa shape index (κ1) is 22.4. The molecule has 0 unspecified atom stereocenters. The molecule has 0 saturated carbocycles. The third kappa shape index (κ3) is 5.24. The Morgan fingerprint density at radius 2 is 1.90 bits per heavy atom. The smallest absolute Gasteiger partial charge is 0.228 e. The molecule has 1 amide bonds. The molecule has 1 heterocycles. The second-order valence-corrected chi connectivity index (χ2v) is 9.48. The maximum atomic E-state index is 12.9. The maximum absolute atomic E-state index is 12.9. The van der Waals surface area contributed by atoms with Crippen LogP contribution in [0.4, 0.5) is 5.69 Å². The van der Waals surface area contributed by atoms with E-state index in [9.17, 15) is 13.2 Å². The highest BCUT2D eigenvalue weighted by atomic mass is 35.5. The SMILES string of the molecule is COc1ccc(NC(=O)[C@H]2CCCN(S(=O)(=O)Cc3ccccc3Cl)C2)cc1OC. The van der Waals surface area contributed by atoms with Crippen LogP contribution < -0.4 is 14.8 Å². The zero-order chi connectivity index (χ0) is 21.7. The predicted molar refractivity (Wildman–Crippen MR) is 117 cm³/mol. The number of carbonyl (C=O) groups is 1. The number of halogens is 1. The summed E-state index contributed by atoms with van der Waals surface area (Å²) in [6, 6.07) is 12.0. The van der Waals surface area contributed by atoms with Crippen molar-refractivity contribution < 1.29 is 22.7 Å². The third-order valence-corrected chi connectivity index (χ3v) is 7.26. The Labute approximate surface area is 182 Å². The van der Waals surface area contributed by atoms with E-state index in [4.69, 9.17) is 21.1 Å². The van der Waals surface area contributed by atoms with Crippen molar-refractivity contribution in [1.82, 2.24) is 4.31 Å². The molecule has 3 rings (SSSR count). The number of nitrogens with zero attached hydrogens (tertiary/aromatic N) is 1. The largest absolute Gasteiger partial charge is 0.493 e. The highest BCUT2D eigenvalue weighted by Crippen LogP contribution is 2.30. The summed E-state index contributed by atoms with van der Waals surface area (Å²) in [5, 5.41) is 3.27. The van der Waals surface area contributed by atoms with E-state index in [1.807, 2.05) is 0 Å². The minimum absolute atomic E-state index is 0.145. The molecule has 9 heteroatoms. The summed E-state index contributed by atoms with van der Waals surface area (Å²) < 4.78 is 37.6. The molecule has 1 aliphatic heterocycles. The summed E-state index contributed by atoms with van der Waals surface area (Å²) in [7, 11) is -0.528. The lowest BCUT2D eigenvalue weighted by molar-refractivity contribution is -0.120. The Hall–Kier alpha value is -2.29. The average molecular weight is 453 g/mol. The van der Waals surface area contributed by atoms with Crippen LogP contribution in [0.3, 0.4) is 0 Å². The Balaban J connectivity index is 1.68. The number of hydrogen-bond acceptors (Lipinski definition) is 5. The van der Waals surface area contributed by atoms with E-state index >= 15 is 0 Å². The van der Waals surface area contributed by atoms with E-state index in [1.54, 1.807) is 42.5 Å². The van der Waals surface area contributed by atoms with E-state index in [2.05, 4.69) is 5.32 Å². The normalized spacial score (nSPS) is 17.4. The van der Waals surface area contributed by atoms with Crippen LogP contribution >= 0.6 is 11.6 Å². The molecule has 2 aromatic rings. The Morgan fingerprint density at radius 1 is 1.17 bits per heavy atom. The topological polar surface area (TPSA) is 84.9 Å². The number of rotatable bonds is 7. The fraction of sp³-hybridized carbons (Fsp3) is 0.381. The minimum atomic E-state index is -3.59.